The van der Waals surface area contributed by atoms with E-state index in [0.29, 0.717) is 18.1 Å². The lowest BCUT2D eigenvalue weighted by Gasteiger charge is -2.38. The van der Waals surface area contributed by atoms with Crippen LogP contribution in [0.4, 0.5) is 0 Å². The van der Waals surface area contributed by atoms with Crippen LogP contribution in [0.3, 0.4) is 0 Å². The first-order valence-electron chi connectivity index (χ1n) is 9.43. The molecular weight excluding hydrogens is 312 g/mol. The second-order valence-corrected chi connectivity index (χ2v) is 7.64. The number of nitrogens with zero attached hydrogens (tertiary/aromatic N) is 2. The molecule has 5 heteroatoms. The van der Waals surface area contributed by atoms with Gasteiger partial charge in [0.05, 0.1) is 6.04 Å². The Bertz CT molecular complexity index is 599. The van der Waals surface area contributed by atoms with Crippen molar-refractivity contribution in [2.75, 3.05) is 0 Å². The molecule has 2 saturated heterocycles. The van der Waals surface area contributed by atoms with Crippen molar-refractivity contribution in [2.45, 2.75) is 71.1 Å². The molecule has 2 aliphatic heterocycles. The predicted molar refractivity (Wildman–Crippen MR) is 101 cm³/mol. The summed E-state index contributed by atoms with van der Waals surface area (Å²) in [4.78, 5) is 18.8. The van der Waals surface area contributed by atoms with E-state index >= 15 is 0 Å². The first-order chi connectivity index (χ1) is 12.0. The summed E-state index contributed by atoms with van der Waals surface area (Å²) in [6.45, 7) is 6.76. The molecule has 1 amide bonds. The smallest absolute Gasteiger partial charge is 0.235 e. The molecule has 1 aromatic carbocycles. The second-order valence-electron chi connectivity index (χ2n) is 7.64. The summed E-state index contributed by atoms with van der Waals surface area (Å²) >= 11 is 0. The molecule has 1 aromatic rings. The first-order valence-corrected chi connectivity index (χ1v) is 9.43. The molecule has 0 saturated carbocycles. The van der Waals surface area contributed by atoms with Crippen molar-refractivity contribution in [1.82, 2.24) is 15.8 Å². The topological polar surface area (TPSA) is 56.7 Å². The molecule has 0 spiro atoms. The molecule has 136 valence electrons. The van der Waals surface area contributed by atoms with Gasteiger partial charge >= 0.3 is 0 Å². The van der Waals surface area contributed by atoms with Crippen LogP contribution in [0.1, 0.15) is 52.0 Å². The van der Waals surface area contributed by atoms with Gasteiger partial charge in [0.15, 0.2) is 0 Å². The standard InChI is InChI=1S/C20H30N4O/c1-14(2)20(23-22-15(3)25)21-17-11-18-9-10-19(12-17)24(18)13-16-7-5-4-6-8-16/h4-8,14,17-19H,9-13H2,1-3H3,(H,21,23)(H,22,25)/t17?,18-,19+. The maximum Gasteiger partial charge on any atom is 0.235 e. The van der Waals surface area contributed by atoms with Crippen LogP contribution in [0.25, 0.3) is 0 Å². The number of nitrogens with one attached hydrogen (secondary N) is 2. The van der Waals surface area contributed by atoms with Crippen LogP contribution in [0.2, 0.25) is 0 Å². The maximum absolute atomic E-state index is 11.2. The number of amidine groups is 1. The van der Waals surface area contributed by atoms with Crippen LogP contribution in [0.5, 0.6) is 0 Å². The largest absolute Gasteiger partial charge is 0.293 e. The highest BCUT2D eigenvalue weighted by Crippen LogP contribution is 2.38. The molecule has 3 atom stereocenters. The van der Waals surface area contributed by atoms with Crippen LogP contribution >= 0.6 is 0 Å². The van der Waals surface area contributed by atoms with E-state index in [0.717, 1.165) is 25.2 Å². The Kier molecular flexibility index (Phi) is 5.74. The Labute approximate surface area is 150 Å². The van der Waals surface area contributed by atoms with Crippen LogP contribution in [-0.4, -0.2) is 34.8 Å². The van der Waals surface area contributed by atoms with E-state index in [9.17, 15) is 4.79 Å². The van der Waals surface area contributed by atoms with Gasteiger partial charge in [-0.15, -0.1) is 0 Å². The van der Waals surface area contributed by atoms with Gasteiger partial charge in [-0.05, 0) is 31.2 Å². The number of hydrogen-bond donors (Lipinski definition) is 2. The van der Waals surface area contributed by atoms with Gasteiger partial charge in [-0.3, -0.25) is 25.5 Å². The fourth-order valence-electron chi connectivity index (χ4n) is 4.08. The van der Waals surface area contributed by atoms with Gasteiger partial charge in [-0.1, -0.05) is 44.2 Å². The van der Waals surface area contributed by atoms with E-state index in [-0.39, 0.29) is 11.8 Å². The fourth-order valence-corrected chi connectivity index (χ4v) is 4.08. The third-order valence-corrected chi connectivity index (χ3v) is 5.30. The van der Waals surface area contributed by atoms with E-state index in [1.54, 1.807) is 0 Å². The van der Waals surface area contributed by atoms with Crippen molar-refractivity contribution in [1.29, 1.82) is 0 Å². The second kappa shape index (κ2) is 8.00. The minimum absolute atomic E-state index is 0.0916. The van der Waals surface area contributed by atoms with Gasteiger partial charge in [-0.2, -0.15) is 0 Å². The minimum Gasteiger partial charge on any atom is -0.293 e. The molecule has 0 aliphatic carbocycles. The molecule has 2 bridgehead atoms. The number of aliphatic imine (C=N–C) groups is 1. The zero-order chi connectivity index (χ0) is 17.8. The van der Waals surface area contributed by atoms with Crippen LogP contribution in [-0.2, 0) is 11.3 Å². The monoisotopic (exact) mass is 342 g/mol. The van der Waals surface area contributed by atoms with Gasteiger partial charge in [0, 0.05) is 31.5 Å². The van der Waals surface area contributed by atoms with Crippen molar-refractivity contribution in [3.63, 3.8) is 0 Å². The van der Waals surface area contributed by atoms with E-state index < -0.39 is 0 Å². The molecule has 2 aliphatic rings. The Balaban J connectivity index is 1.64. The lowest BCUT2D eigenvalue weighted by atomic mass is 9.96. The van der Waals surface area contributed by atoms with Crippen molar-refractivity contribution in [3.8, 4) is 0 Å². The molecule has 2 N–H and O–H groups in total. The highest BCUT2D eigenvalue weighted by atomic mass is 16.2. The summed E-state index contributed by atoms with van der Waals surface area (Å²) in [5.74, 6) is 1.06. The number of piperidine rings is 1. The molecule has 2 fully saturated rings. The van der Waals surface area contributed by atoms with Crippen molar-refractivity contribution >= 4 is 11.7 Å². The number of hydrazine groups is 1. The lowest BCUT2D eigenvalue weighted by Crippen LogP contribution is -2.46. The first kappa shape index (κ1) is 17.9. The highest BCUT2D eigenvalue weighted by molar-refractivity contribution is 5.86. The normalized spacial score (nSPS) is 26.7. The van der Waals surface area contributed by atoms with Crippen LogP contribution < -0.4 is 10.9 Å². The molecule has 5 nitrogen and oxygen atoms in total. The van der Waals surface area contributed by atoms with Gasteiger partial charge in [0.2, 0.25) is 5.91 Å². The summed E-state index contributed by atoms with van der Waals surface area (Å²) in [5.41, 5.74) is 7.07. The number of hydrogen-bond acceptors (Lipinski definition) is 3. The van der Waals surface area contributed by atoms with Crippen LogP contribution in [0.15, 0.2) is 35.3 Å². The number of amides is 1. The fraction of sp³-hybridized carbons (Fsp3) is 0.600. The summed E-state index contributed by atoms with van der Waals surface area (Å²) < 4.78 is 0. The summed E-state index contributed by atoms with van der Waals surface area (Å²) in [6.07, 6.45) is 4.78. The number of rotatable bonds is 4. The average molecular weight is 342 g/mol. The Hall–Kier alpha value is -1.88. The Morgan fingerprint density at radius 2 is 1.80 bits per heavy atom. The van der Waals surface area contributed by atoms with E-state index in [4.69, 9.17) is 4.99 Å². The number of carbonyl (C=O) groups is 1. The average Bonchev–Trinajstić information content (AvgIpc) is 2.81. The third kappa shape index (κ3) is 4.60. The SMILES string of the molecule is CC(=O)NNC(=NC1C[C@H]2CC[C@@H](C1)N2Cc1ccccc1)C(C)C. The van der Waals surface area contributed by atoms with Crippen molar-refractivity contribution in [3.05, 3.63) is 35.9 Å². The number of benzene rings is 1. The molecule has 1 unspecified atom stereocenters. The molecule has 0 aromatic heterocycles. The molecule has 0 radical (unpaired) electrons. The van der Waals surface area contributed by atoms with E-state index in [1.807, 2.05) is 0 Å². The van der Waals surface area contributed by atoms with Gasteiger partial charge in [0.25, 0.3) is 0 Å². The van der Waals surface area contributed by atoms with Crippen molar-refractivity contribution < 1.29 is 4.79 Å². The predicted octanol–water partition coefficient (Wildman–Crippen LogP) is 2.88. The molecular formula is C20H30N4O. The summed E-state index contributed by atoms with van der Waals surface area (Å²) in [5, 5.41) is 0. The van der Waals surface area contributed by atoms with E-state index in [1.165, 1.54) is 25.3 Å². The maximum atomic E-state index is 11.2. The minimum atomic E-state index is -0.0916. The number of fused-ring (bicyclic) bond motifs is 2. The third-order valence-electron chi connectivity index (χ3n) is 5.30. The highest BCUT2D eigenvalue weighted by Gasteiger charge is 2.40. The van der Waals surface area contributed by atoms with Crippen LogP contribution in [0, 0.1) is 5.92 Å². The van der Waals surface area contributed by atoms with E-state index in [2.05, 4.69) is 59.9 Å². The summed E-state index contributed by atoms with van der Waals surface area (Å²) in [7, 11) is 0. The van der Waals surface area contributed by atoms with Crippen molar-refractivity contribution in [2.24, 2.45) is 10.9 Å². The molecule has 25 heavy (non-hydrogen) atoms. The lowest BCUT2D eigenvalue weighted by molar-refractivity contribution is -0.119. The van der Waals surface area contributed by atoms with Gasteiger partial charge < -0.3 is 0 Å². The van der Waals surface area contributed by atoms with Gasteiger partial charge in [-0.25, -0.2) is 0 Å². The Morgan fingerprint density at radius 1 is 1.16 bits per heavy atom. The quantitative estimate of drug-likeness (QED) is 0.502. The zero-order valence-electron chi connectivity index (χ0n) is 15.5. The zero-order valence-corrected chi connectivity index (χ0v) is 15.5. The number of carbonyl (C=O) groups excluding carboxylic acids is 1. The molecule has 2 heterocycles. The summed E-state index contributed by atoms with van der Waals surface area (Å²) in [6, 6.07) is 12.4. The Morgan fingerprint density at radius 3 is 2.36 bits per heavy atom. The molecule has 3 rings (SSSR count). The van der Waals surface area contributed by atoms with Gasteiger partial charge in [0.1, 0.15) is 5.84 Å².